The average molecular weight is 142 g/mol. The van der Waals surface area contributed by atoms with Crippen molar-refractivity contribution in [2.45, 2.75) is 38.8 Å². The molecular formula is C8H18N2. The Labute approximate surface area is 63.3 Å². The van der Waals surface area contributed by atoms with Gasteiger partial charge >= 0.3 is 0 Å². The third-order valence-electron chi connectivity index (χ3n) is 1.31. The molecule has 2 heteroatoms. The molecule has 0 fully saturated rings. The Kier molecular flexibility index (Phi) is 6.55. The van der Waals surface area contributed by atoms with E-state index in [0.29, 0.717) is 0 Å². The van der Waals surface area contributed by atoms with Gasteiger partial charge in [0.1, 0.15) is 0 Å². The maximum atomic E-state index is 5.36. The van der Waals surface area contributed by atoms with Crippen LogP contribution in [0.5, 0.6) is 0 Å². The molecule has 2 nitrogen and oxygen atoms in total. The predicted molar refractivity (Wildman–Crippen MR) is 45.4 cm³/mol. The summed E-state index contributed by atoms with van der Waals surface area (Å²) >= 11 is 0. The van der Waals surface area contributed by atoms with Crippen molar-refractivity contribution in [3.8, 4) is 0 Å². The maximum absolute atomic E-state index is 5.36. The molecule has 0 aliphatic rings. The molecule has 0 amide bonds. The lowest BCUT2D eigenvalue weighted by Crippen LogP contribution is -2.29. The number of hydrogen-bond donors (Lipinski definition) is 2. The SMILES string of the molecule is CCC=CCCCC(N)N. The molecule has 0 saturated heterocycles. The summed E-state index contributed by atoms with van der Waals surface area (Å²) in [5, 5.41) is 0. The van der Waals surface area contributed by atoms with Crippen LogP contribution in [-0.2, 0) is 0 Å². The van der Waals surface area contributed by atoms with Gasteiger partial charge in [-0.05, 0) is 25.7 Å². The normalized spacial score (nSPS) is 11.6. The van der Waals surface area contributed by atoms with Gasteiger partial charge in [-0.3, -0.25) is 0 Å². The van der Waals surface area contributed by atoms with Gasteiger partial charge in [0.2, 0.25) is 0 Å². The fraction of sp³-hybridized carbons (Fsp3) is 0.750. The Bertz CT molecular complexity index is 87.3. The Balaban J connectivity index is 2.97. The average Bonchev–Trinajstić information content (AvgIpc) is 1.87. The van der Waals surface area contributed by atoms with E-state index in [-0.39, 0.29) is 6.17 Å². The van der Waals surface area contributed by atoms with E-state index in [0.717, 1.165) is 25.7 Å². The molecule has 0 spiro atoms. The summed E-state index contributed by atoms with van der Waals surface area (Å²) in [6.45, 7) is 2.13. The van der Waals surface area contributed by atoms with Crippen molar-refractivity contribution in [3.63, 3.8) is 0 Å². The zero-order chi connectivity index (χ0) is 7.82. The summed E-state index contributed by atoms with van der Waals surface area (Å²) in [5.41, 5.74) is 10.7. The van der Waals surface area contributed by atoms with Crippen LogP contribution in [-0.4, -0.2) is 6.17 Å². The zero-order valence-electron chi connectivity index (χ0n) is 6.72. The minimum Gasteiger partial charge on any atom is -0.316 e. The minimum atomic E-state index is -0.130. The van der Waals surface area contributed by atoms with Gasteiger partial charge in [-0.1, -0.05) is 19.1 Å². The third-order valence-corrected chi connectivity index (χ3v) is 1.31. The summed E-state index contributed by atoms with van der Waals surface area (Å²) in [6, 6.07) is 0. The van der Waals surface area contributed by atoms with Gasteiger partial charge in [-0.15, -0.1) is 0 Å². The second-order valence-corrected chi connectivity index (χ2v) is 2.47. The van der Waals surface area contributed by atoms with Crippen LogP contribution < -0.4 is 11.5 Å². The molecule has 0 aromatic carbocycles. The molecule has 0 bridgehead atoms. The molecule has 0 aliphatic carbocycles. The van der Waals surface area contributed by atoms with Crippen LogP contribution in [0.3, 0.4) is 0 Å². The van der Waals surface area contributed by atoms with E-state index in [2.05, 4.69) is 19.1 Å². The first-order valence-corrected chi connectivity index (χ1v) is 3.93. The summed E-state index contributed by atoms with van der Waals surface area (Å²) < 4.78 is 0. The van der Waals surface area contributed by atoms with E-state index in [4.69, 9.17) is 11.5 Å². The molecule has 60 valence electrons. The summed E-state index contributed by atoms with van der Waals surface area (Å²) in [5.74, 6) is 0. The molecule has 0 aromatic heterocycles. The molecular weight excluding hydrogens is 124 g/mol. The van der Waals surface area contributed by atoms with Crippen molar-refractivity contribution in [3.05, 3.63) is 12.2 Å². The van der Waals surface area contributed by atoms with Gasteiger partial charge in [0.05, 0.1) is 6.17 Å². The highest BCUT2D eigenvalue weighted by Crippen LogP contribution is 1.97. The van der Waals surface area contributed by atoms with Gasteiger partial charge < -0.3 is 11.5 Å². The first kappa shape index (κ1) is 9.66. The molecule has 0 heterocycles. The molecule has 0 rings (SSSR count). The number of hydrogen-bond acceptors (Lipinski definition) is 2. The predicted octanol–water partition coefficient (Wildman–Crippen LogP) is 1.37. The quantitative estimate of drug-likeness (QED) is 0.346. The molecule has 0 radical (unpaired) electrons. The van der Waals surface area contributed by atoms with Crippen molar-refractivity contribution >= 4 is 0 Å². The molecule has 0 atom stereocenters. The van der Waals surface area contributed by atoms with Gasteiger partial charge in [0.25, 0.3) is 0 Å². The molecule has 0 aliphatic heterocycles. The van der Waals surface area contributed by atoms with E-state index in [1.807, 2.05) is 0 Å². The van der Waals surface area contributed by atoms with Crippen molar-refractivity contribution < 1.29 is 0 Å². The topological polar surface area (TPSA) is 52.0 Å². The van der Waals surface area contributed by atoms with Crippen LogP contribution in [0.1, 0.15) is 32.6 Å². The highest BCUT2D eigenvalue weighted by molar-refractivity contribution is 4.79. The largest absolute Gasteiger partial charge is 0.316 e. The van der Waals surface area contributed by atoms with Gasteiger partial charge in [-0.2, -0.15) is 0 Å². The monoisotopic (exact) mass is 142 g/mol. The number of nitrogens with two attached hydrogens (primary N) is 2. The second kappa shape index (κ2) is 6.78. The lowest BCUT2D eigenvalue weighted by molar-refractivity contribution is 0.607. The Hall–Kier alpha value is -0.340. The van der Waals surface area contributed by atoms with Crippen molar-refractivity contribution in [1.29, 1.82) is 0 Å². The molecule has 0 saturated carbocycles. The second-order valence-electron chi connectivity index (χ2n) is 2.47. The molecule has 4 N–H and O–H groups in total. The van der Waals surface area contributed by atoms with Gasteiger partial charge in [0, 0.05) is 0 Å². The van der Waals surface area contributed by atoms with Gasteiger partial charge in [0.15, 0.2) is 0 Å². The van der Waals surface area contributed by atoms with E-state index in [9.17, 15) is 0 Å². The van der Waals surface area contributed by atoms with Crippen LogP contribution in [0, 0.1) is 0 Å². The summed E-state index contributed by atoms with van der Waals surface area (Å²) in [6.07, 6.45) is 8.48. The first-order chi connectivity index (χ1) is 4.77. The van der Waals surface area contributed by atoms with Crippen LogP contribution in [0.2, 0.25) is 0 Å². The van der Waals surface area contributed by atoms with Crippen LogP contribution in [0.15, 0.2) is 12.2 Å². The van der Waals surface area contributed by atoms with Crippen molar-refractivity contribution in [2.24, 2.45) is 11.5 Å². The van der Waals surface area contributed by atoms with E-state index >= 15 is 0 Å². The molecule has 0 unspecified atom stereocenters. The Morgan fingerprint density at radius 1 is 1.30 bits per heavy atom. The lowest BCUT2D eigenvalue weighted by atomic mass is 10.2. The Morgan fingerprint density at radius 3 is 2.50 bits per heavy atom. The van der Waals surface area contributed by atoms with Crippen LogP contribution >= 0.6 is 0 Å². The zero-order valence-corrected chi connectivity index (χ0v) is 6.72. The van der Waals surface area contributed by atoms with Gasteiger partial charge in [-0.25, -0.2) is 0 Å². The van der Waals surface area contributed by atoms with Crippen molar-refractivity contribution in [2.75, 3.05) is 0 Å². The fourth-order valence-corrected chi connectivity index (χ4v) is 0.756. The fourth-order valence-electron chi connectivity index (χ4n) is 0.756. The van der Waals surface area contributed by atoms with Crippen LogP contribution in [0.4, 0.5) is 0 Å². The van der Waals surface area contributed by atoms with Crippen LogP contribution in [0.25, 0.3) is 0 Å². The summed E-state index contributed by atoms with van der Waals surface area (Å²) in [7, 11) is 0. The summed E-state index contributed by atoms with van der Waals surface area (Å²) in [4.78, 5) is 0. The number of allylic oxidation sites excluding steroid dienone is 2. The minimum absolute atomic E-state index is 0.130. The Morgan fingerprint density at radius 2 is 2.00 bits per heavy atom. The highest BCUT2D eigenvalue weighted by Gasteiger charge is 1.90. The van der Waals surface area contributed by atoms with E-state index in [1.165, 1.54) is 0 Å². The number of unbranched alkanes of at least 4 members (excludes halogenated alkanes) is 1. The smallest absolute Gasteiger partial charge is 0.0520 e. The first-order valence-electron chi connectivity index (χ1n) is 3.93. The third kappa shape index (κ3) is 7.66. The molecule has 10 heavy (non-hydrogen) atoms. The lowest BCUT2D eigenvalue weighted by Gasteiger charge is -2.00. The highest BCUT2D eigenvalue weighted by atomic mass is 14.8. The van der Waals surface area contributed by atoms with Crippen molar-refractivity contribution in [1.82, 2.24) is 0 Å². The van der Waals surface area contributed by atoms with E-state index in [1.54, 1.807) is 0 Å². The van der Waals surface area contributed by atoms with E-state index < -0.39 is 0 Å². The number of rotatable bonds is 5. The standard InChI is InChI=1S/C8H18N2/c1-2-3-4-5-6-7-8(9)10/h3-4,8H,2,5-7,9-10H2,1H3. The molecule has 0 aromatic rings. The maximum Gasteiger partial charge on any atom is 0.0520 e.